The van der Waals surface area contributed by atoms with Crippen molar-refractivity contribution >= 4 is 5.95 Å². The van der Waals surface area contributed by atoms with Gasteiger partial charge in [0.1, 0.15) is 5.75 Å². The van der Waals surface area contributed by atoms with Crippen LogP contribution >= 0.6 is 0 Å². The lowest BCUT2D eigenvalue weighted by Gasteiger charge is -2.33. The van der Waals surface area contributed by atoms with E-state index in [1.165, 1.54) is 12.1 Å². The Bertz CT molecular complexity index is 664. The van der Waals surface area contributed by atoms with Gasteiger partial charge in [-0.1, -0.05) is 12.1 Å². The Morgan fingerprint density at radius 3 is 2.56 bits per heavy atom. The third kappa shape index (κ3) is 5.32. The SMILES string of the molecule is FC(F)(F)Oc1ccc(CNC2CCCN(c3ncccn3)C2)cc1. The molecule has 1 atom stereocenters. The number of benzene rings is 1. The Kier molecular flexibility index (Phi) is 5.37. The molecule has 0 bridgehead atoms. The third-order valence-electron chi connectivity index (χ3n) is 4.01. The van der Waals surface area contributed by atoms with Gasteiger partial charge in [-0.15, -0.1) is 13.2 Å². The van der Waals surface area contributed by atoms with Crippen molar-refractivity contribution in [3.63, 3.8) is 0 Å². The van der Waals surface area contributed by atoms with Crippen molar-refractivity contribution in [1.29, 1.82) is 0 Å². The average Bonchev–Trinajstić information content (AvgIpc) is 2.61. The van der Waals surface area contributed by atoms with Gasteiger partial charge in [0.2, 0.25) is 5.95 Å². The van der Waals surface area contributed by atoms with Crippen molar-refractivity contribution in [2.45, 2.75) is 31.8 Å². The van der Waals surface area contributed by atoms with Crippen LogP contribution in [-0.2, 0) is 6.54 Å². The Hall–Kier alpha value is -2.35. The zero-order valence-electron chi connectivity index (χ0n) is 13.5. The van der Waals surface area contributed by atoms with Crippen LogP contribution in [0.1, 0.15) is 18.4 Å². The van der Waals surface area contributed by atoms with E-state index in [4.69, 9.17) is 0 Å². The van der Waals surface area contributed by atoms with Crippen molar-refractivity contribution in [2.24, 2.45) is 0 Å². The van der Waals surface area contributed by atoms with Gasteiger partial charge in [-0.05, 0) is 36.6 Å². The maximum Gasteiger partial charge on any atom is 0.573 e. The molecule has 134 valence electrons. The number of hydrogen-bond acceptors (Lipinski definition) is 5. The third-order valence-corrected chi connectivity index (χ3v) is 4.01. The van der Waals surface area contributed by atoms with Gasteiger partial charge in [0.15, 0.2) is 0 Å². The van der Waals surface area contributed by atoms with Crippen LogP contribution in [0.5, 0.6) is 5.75 Å². The minimum atomic E-state index is -4.66. The van der Waals surface area contributed by atoms with E-state index in [-0.39, 0.29) is 11.8 Å². The summed E-state index contributed by atoms with van der Waals surface area (Å²) in [6.45, 7) is 2.31. The first-order valence-corrected chi connectivity index (χ1v) is 8.10. The Labute approximate surface area is 143 Å². The quantitative estimate of drug-likeness (QED) is 0.896. The molecule has 0 saturated carbocycles. The van der Waals surface area contributed by atoms with Crippen LogP contribution in [0.2, 0.25) is 0 Å². The molecular weight excluding hydrogens is 333 g/mol. The molecule has 1 fully saturated rings. The van der Waals surface area contributed by atoms with Crippen LogP contribution in [0.4, 0.5) is 19.1 Å². The number of nitrogens with one attached hydrogen (secondary N) is 1. The molecule has 1 aromatic carbocycles. The highest BCUT2D eigenvalue weighted by Crippen LogP contribution is 2.23. The number of halogens is 3. The molecule has 0 spiro atoms. The molecule has 2 aromatic rings. The lowest BCUT2D eigenvalue weighted by Crippen LogP contribution is -2.46. The molecule has 1 N–H and O–H groups in total. The summed E-state index contributed by atoms with van der Waals surface area (Å²) in [7, 11) is 0. The first-order valence-electron chi connectivity index (χ1n) is 8.10. The Morgan fingerprint density at radius 2 is 1.88 bits per heavy atom. The summed E-state index contributed by atoms with van der Waals surface area (Å²) in [5.41, 5.74) is 0.905. The highest BCUT2D eigenvalue weighted by molar-refractivity contribution is 5.30. The van der Waals surface area contributed by atoms with Gasteiger partial charge in [0.25, 0.3) is 0 Å². The predicted molar refractivity (Wildman–Crippen MR) is 87.2 cm³/mol. The van der Waals surface area contributed by atoms with Crippen LogP contribution in [0.25, 0.3) is 0 Å². The molecule has 0 amide bonds. The molecule has 25 heavy (non-hydrogen) atoms. The highest BCUT2D eigenvalue weighted by atomic mass is 19.4. The van der Waals surface area contributed by atoms with E-state index in [2.05, 4.69) is 24.9 Å². The van der Waals surface area contributed by atoms with Gasteiger partial charge in [0, 0.05) is 38.1 Å². The van der Waals surface area contributed by atoms with E-state index < -0.39 is 6.36 Å². The fourth-order valence-electron chi connectivity index (χ4n) is 2.85. The molecule has 1 saturated heterocycles. The van der Waals surface area contributed by atoms with Gasteiger partial charge in [-0.25, -0.2) is 9.97 Å². The summed E-state index contributed by atoms with van der Waals surface area (Å²) in [6.07, 6.45) is 0.867. The number of alkyl halides is 3. The number of hydrogen-bond donors (Lipinski definition) is 1. The smallest absolute Gasteiger partial charge is 0.406 e. The first kappa shape index (κ1) is 17.5. The minimum absolute atomic E-state index is 0.207. The van der Waals surface area contributed by atoms with Crippen molar-refractivity contribution in [2.75, 3.05) is 18.0 Å². The zero-order chi connectivity index (χ0) is 17.7. The normalized spacial score (nSPS) is 18.2. The van der Waals surface area contributed by atoms with Crippen molar-refractivity contribution in [3.05, 3.63) is 48.3 Å². The molecule has 3 rings (SSSR count). The van der Waals surface area contributed by atoms with Gasteiger partial charge < -0.3 is 15.0 Å². The molecule has 1 unspecified atom stereocenters. The van der Waals surface area contributed by atoms with Crippen LogP contribution < -0.4 is 15.0 Å². The second-order valence-electron chi connectivity index (χ2n) is 5.91. The van der Waals surface area contributed by atoms with Crippen LogP contribution in [0.3, 0.4) is 0 Å². The fourth-order valence-corrected chi connectivity index (χ4v) is 2.85. The molecule has 2 heterocycles. The van der Waals surface area contributed by atoms with E-state index in [0.717, 1.165) is 37.4 Å². The summed E-state index contributed by atoms with van der Waals surface area (Å²) in [4.78, 5) is 10.7. The molecule has 1 aliphatic rings. The molecule has 1 aromatic heterocycles. The van der Waals surface area contributed by atoms with Gasteiger partial charge >= 0.3 is 6.36 Å². The van der Waals surface area contributed by atoms with E-state index in [0.29, 0.717) is 6.54 Å². The lowest BCUT2D eigenvalue weighted by atomic mass is 10.1. The van der Waals surface area contributed by atoms with Gasteiger partial charge in [0.05, 0.1) is 0 Å². The van der Waals surface area contributed by atoms with Crippen LogP contribution in [0, 0.1) is 0 Å². The fraction of sp³-hybridized carbons (Fsp3) is 0.412. The van der Waals surface area contributed by atoms with E-state index in [9.17, 15) is 13.2 Å². The Morgan fingerprint density at radius 1 is 1.16 bits per heavy atom. The van der Waals surface area contributed by atoms with Crippen molar-refractivity contribution in [3.8, 4) is 5.75 Å². The number of anilines is 1. The summed E-state index contributed by atoms with van der Waals surface area (Å²) in [5, 5.41) is 3.45. The van der Waals surface area contributed by atoms with E-state index >= 15 is 0 Å². The van der Waals surface area contributed by atoms with Crippen LogP contribution in [-0.4, -0.2) is 35.5 Å². The average molecular weight is 352 g/mol. The molecule has 8 heteroatoms. The Balaban J connectivity index is 1.51. The second kappa shape index (κ2) is 7.69. The first-order chi connectivity index (χ1) is 12.0. The predicted octanol–water partition coefficient (Wildman–Crippen LogP) is 3.13. The number of piperidine rings is 1. The van der Waals surface area contributed by atoms with Crippen LogP contribution in [0.15, 0.2) is 42.7 Å². The topological polar surface area (TPSA) is 50.3 Å². The molecular formula is C17H19F3N4O. The molecule has 0 aliphatic carbocycles. The van der Waals surface area contributed by atoms with Gasteiger partial charge in [-0.3, -0.25) is 0 Å². The zero-order valence-corrected chi connectivity index (χ0v) is 13.5. The number of aromatic nitrogens is 2. The number of rotatable bonds is 5. The van der Waals surface area contributed by atoms with E-state index in [1.54, 1.807) is 30.6 Å². The summed E-state index contributed by atoms with van der Waals surface area (Å²) in [6, 6.07) is 7.99. The second-order valence-corrected chi connectivity index (χ2v) is 5.91. The minimum Gasteiger partial charge on any atom is -0.406 e. The summed E-state index contributed by atoms with van der Waals surface area (Å²) >= 11 is 0. The van der Waals surface area contributed by atoms with E-state index in [1.807, 2.05) is 0 Å². The maximum atomic E-state index is 12.2. The lowest BCUT2D eigenvalue weighted by molar-refractivity contribution is -0.274. The highest BCUT2D eigenvalue weighted by Gasteiger charge is 2.31. The molecule has 1 aliphatic heterocycles. The number of ether oxygens (including phenoxy) is 1. The molecule has 5 nitrogen and oxygen atoms in total. The van der Waals surface area contributed by atoms with Gasteiger partial charge in [-0.2, -0.15) is 0 Å². The standard InChI is InChI=1S/C17H19F3N4O/c18-17(19,20)25-15-6-4-13(5-7-15)11-23-14-3-1-10-24(12-14)16-21-8-2-9-22-16/h2,4-9,14,23H,1,3,10-12H2. The monoisotopic (exact) mass is 352 g/mol. The number of nitrogens with zero attached hydrogens (tertiary/aromatic N) is 3. The van der Waals surface area contributed by atoms with Crippen molar-refractivity contribution in [1.82, 2.24) is 15.3 Å². The maximum absolute atomic E-state index is 12.2. The largest absolute Gasteiger partial charge is 0.573 e. The summed E-state index contributed by atoms with van der Waals surface area (Å²) in [5.74, 6) is 0.518. The summed E-state index contributed by atoms with van der Waals surface area (Å²) < 4.78 is 40.4. The van der Waals surface area contributed by atoms with Crippen molar-refractivity contribution < 1.29 is 17.9 Å². The molecule has 0 radical (unpaired) electrons.